The Morgan fingerprint density at radius 2 is 2.33 bits per heavy atom. The molecule has 1 atom stereocenters. The first-order valence-corrected chi connectivity index (χ1v) is 7.81. The zero-order valence-corrected chi connectivity index (χ0v) is 12.8. The molecule has 0 radical (unpaired) electrons. The van der Waals surface area contributed by atoms with Crippen LogP contribution in [0.25, 0.3) is 0 Å². The predicted molar refractivity (Wildman–Crippen MR) is 82.5 cm³/mol. The summed E-state index contributed by atoms with van der Waals surface area (Å²) in [4.78, 5) is 14.4. The summed E-state index contributed by atoms with van der Waals surface area (Å²) >= 11 is 0. The highest BCUT2D eigenvalue weighted by Gasteiger charge is 2.18. The Balaban J connectivity index is 1.87. The standard InChI is InChI=1S/C15H26N4O2/c1-18-8-3-2-5-13(18)6-9-19-15(20)11-14(12-17-19)21-10-4-7-16/h11-13H,2-10,16H2,1H3. The zero-order chi connectivity index (χ0) is 15.1. The Morgan fingerprint density at radius 3 is 3.05 bits per heavy atom. The van der Waals surface area contributed by atoms with Crippen LogP contribution in [0.4, 0.5) is 0 Å². The van der Waals surface area contributed by atoms with Crippen molar-refractivity contribution in [3.05, 3.63) is 22.6 Å². The number of rotatable bonds is 7. The number of nitrogens with zero attached hydrogens (tertiary/aromatic N) is 3. The number of piperidine rings is 1. The van der Waals surface area contributed by atoms with Crippen LogP contribution >= 0.6 is 0 Å². The van der Waals surface area contributed by atoms with Gasteiger partial charge in [-0.15, -0.1) is 0 Å². The third-order valence-electron chi connectivity index (χ3n) is 4.06. The van der Waals surface area contributed by atoms with Crippen LogP contribution in [-0.2, 0) is 6.54 Å². The Labute approximate surface area is 125 Å². The van der Waals surface area contributed by atoms with Gasteiger partial charge in [0.2, 0.25) is 0 Å². The Morgan fingerprint density at radius 1 is 1.48 bits per heavy atom. The van der Waals surface area contributed by atoms with Crippen LogP contribution in [0.2, 0.25) is 0 Å². The fraction of sp³-hybridized carbons (Fsp3) is 0.733. The largest absolute Gasteiger partial charge is 0.492 e. The number of likely N-dealkylation sites (tertiary alicyclic amines) is 1. The molecule has 1 unspecified atom stereocenters. The molecular formula is C15H26N4O2. The molecule has 1 fully saturated rings. The molecule has 0 saturated carbocycles. The van der Waals surface area contributed by atoms with Crippen LogP contribution in [0.15, 0.2) is 17.1 Å². The van der Waals surface area contributed by atoms with Gasteiger partial charge in [-0.2, -0.15) is 5.10 Å². The van der Waals surface area contributed by atoms with Gasteiger partial charge in [0.1, 0.15) is 5.75 Å². The third kappa shape index (κ3) is 4.82. The lowest BCUT2D eigenvalue weighted by Crippen LogP contribution is -2.37. The summed E-state index contributed by atoms with van der Waals surface area (Å²) < 4.78 is 6.96. The molecule has 1 aliphatic rings. The van der Waals surface area contributed by atoms with Crippen LogP contribution in [0.3, 0.4) is 0 Å². The van der Waals surface area contributed by atoms with Gasteiger partial charge in [-0.1, -0.05) is 6.42 Å². The number of hydrogen-bond acceptors (Lipinski definition) is 5. The lowest BCUT2D eigenvalue weighted by atomic mass is 10.0. The average Bonchev–Trinajstić information content (AvgIpc) is 2.48. The smallest absolute Gasteiger partial charge is 0.270 e. The Bertz CT molecular complexity index is 489. The van der Waals surface area contributed by atoms with Crippen LogP contribution < -0.4 is 16.0 Å². The molecule has 0 aliphatic carbocycles. The number of aromatic nitrogens is 2. The maximum atomic E-state index is 12.0. The van der Waals surface area contributed by atoms with Gasteiger partial charge < -0.3 is 15.4 Å². The van der Waals surface area contributed by atoms with Crippen LogP contribution in [0.5, 0.6) is 5.75 Å². The number of nitrogens with two attached hydrogens (primary N) is 1. The molecule has 2 N–H and O–H groups in total. The molecule has 1 aromatic heterocycles. The Hall–Kier alpha value is -1.40. The molecule has 1 aliphatic heterocycles. The van der Waals surface area contributed by atoms with Crippen LogP contribution in [0, 0.1) is 0 Å². The molecule has 0 spiro atoms. The van der Waals surface area contributed by atoms with E-state index in [2.05, 4.69) is 17.0 Å². The molecule has 0 bridgehead atoms. The second-order valence-corrected chi connectivity index (χ2v) is 5.66. The fourth-order valence-corrected chi connectivity index (χ4v) is 2.72. The van der Waals surface area contributed by atoms with Gasteiger partial charge in [-0.25, -0.2) is 4.68 Å². The quantitative estimate of drug-likeness (QED) is 0.755. The number of hydrogen-bond donors (Lipinski definition) is 1. The van der Waals surface area contributed by atoms with Crippen molar-refractivity contribution in [3.8, 4) is 5.75 Å². The van der Waals surface area contributed by atoms with E-state index >= 15 is 0 Å². The maximum absolute atomic E-state index is 12.0. The molecule has 2 rings (SSSR count). The van der Waals surface area contributed by atoms with Crippen molar-refractivity contribution >= 4 is 0 Å². The highest BCUT2D eigenvalue weighted by Crippen LogP contribution is 2.18. The van der Waals surface area contributed by atoms with Gasteiger partial charge in [0, 0.05) is 18.7 Å². The summed E-state index contributed by atoms with van der Waals surface area (Å²) in [6, 6.07) is 2.07. The Kier molecular flexibility index (Phi) is 6.20. The van der Waals surface area contributed by atoms with Crippen molar-refractivity contribution in [2.24, 2.45) is 5.73 Å². The van der Waals surface area contributed by atoms with E-state index in [9.17, 15) is 4.79 Å². The molecule has 21 heavy (non-hydrogen) atoms. The van der Waals surface area contributed by atoms with E-state index in [0.717, 1.165) is 19.4 Å². The van der Waals surface area contributed by atoms with E-state index in [4.69, 9.17) is 10.5 Å². The third-order valence-corrected chi connectivity index (χ3v) is 4.06. The van der Waals surface area contributed by atoms with Gasteiger partial charge in [-0.05, 0) is 45.8 Å². The van der Waals surface area contributed by atoms with Crippen LogP contribution in [-0.4, -0.2) is 47.5 Å². The molecule has 2 heterocycles. The van der Waals surface area contributed by atoms with E-state index < -0.39 is 0 Å². The van der Waals surface area contributed by atoms with Gasteiger partial charge in [0.15, 0.2) is 0 Å². The fourth-order valence-electron chi connectivity index (χ4n) is 2.72. The molecule has 0 aromatic carbocycles. The van der Waals surface area contributed by atoms with Crippen molar-refractivity contribution < 1.29 is 4.74 Å². The minimum atomic E-state index is -0.0984. The van der Waals surface area contributed by atoms with Crippen molar-refractivity contribution in [2.45, 2.75) is 44.7 Å². The molecule has 6 nitrogen and oxygen atoms in total. The monoisotopic (exact) mass is 294 g/mol. The summed E-state index contributed by atoms with van der Waals surface area (Å²) in [5, 5.41) is 4.20. The second kappa shape index (κ2) is 8.14. The first-order valence-electron chi connectivity index (χ1n) is 7.81. The van der Waals surface area contributed by atoms with E-state index in [1.54, 1.807) is 6.20 Å². The van der Waals surface area contributed by atoms with E-state index in [0.29, 0.717) is 31.5 Å². The molecule has 1 saturated heterocycles. The van der Waals surface area contributed by atoms with Crippen molar-refractivity contribution in [3.63, 3.8) is 0 Å². The topological polar surface area (TPSA) is 73.4 Å². The number of aryl methyl sites for hydroxylation is 1. The second-order valence-electron chi connectivity index (χ2n) is 5.66. The van der Waals surface area contributed by atoms with Crippen LogP contribution in [0.1, 0.15) is 32.1 Å². The van der Waals surface area contributed by atoms with E-state index in [1.165, 1.54) is 30.0 Å². The molecule has 6 heteroatoms. The minimum Gasteiger partial charge on any atom is -0.492 e. The van der Waals surface area contributed by atoms with E-state index in [-0.39, 0.29) is 5.56 Å². The summed E-state index contributed by atoms with van der Waals surface area (Å²) in [6.07, 6.45) is 7.13. The van der Waals surface area contributed by atoms with Gasteiger partial charge in [-0.3, -0.25) is 4.79 Å². The van der Waals surface area contributed by atoms with Gasteiger partial charge in [0.25, 0.3) is 5.56 Å². The summed E-state index contributed by atoms with van der Waals surface area (Å²) in [6.45, 7) is 2.92. The first-order chi connectivity index (χ1) is 10.2. The zero-order valence-electron chi connectivity index (χ0n) is 12.8. The van der Waals surface area contributed by atoms with Crippen molar-refractivity contribution in [1.29, 1.82) is 0 Å². The number of ether oxygens (including phenoxy) is 1. The molecule has 0 amide bonds. The highest BCUT2D eigenvalue weighted by atomic mass is 16.5. The average molecular weight is 294 g/mol. The first kappa shape index (κ1) is 16.0. The predicted octanol–water partition coefficient (Wildman–Crippen LogP) is 0.845. The minimum absolute atomic E-state index is 0.0984. The molecule has 1 aromatic rings. The lowest BCUT2D eigenvalue weighted by Gasteiger charge is -2.32. The highest BCUT2D eigenvalue weighted by molar-refractivity contribution is 5.13. The maximum Gasteiger partial charge on any atom is 0.270 e. The summed E-state index contributed by atoms with van der Waals surface area (Å²) in [5.74, 6) is 0.527. The summed E-state index contributed by atoms with van der Waals surface area (Å²) in [5.41, 5.74) is 5.30. The molecule has 118 valence electrons. The van der Waals surface area contributed by atoms with Crippen molar-refractivity contribution in [1.82, 2.24) is 14.7 Å². The van der Waals surface area contributed by atoms with Crippen molar-refractivity contribution in [2.75, 3.05) is 26.7 Å². The lowest BCUT2D eigenvalue weighted by molar-refractivity contribution is 0.169. The normalized spacial score (nSPS) is 19.6. The SMILES string of the molecule is CN1CCCCC1CCn1ncc(OCCCN)cc1=O. The van der Waals surface area contributed by atoms with Gasteiger partial charge in [0.05, 0.1) is 12.8 Å². The molecular weight excluding hydrogens is 268 g/mol. The van der Waals surface area contributed by atoms with E-state index in [1.807, 2.05) is 0 Å². The van der Waals surface area contributed by atoms with Gasteiger partial charge >= 0.3 is 0 Å². The summed E-state index contributed by atoms with van der Waals surface area (Å²) in [7, 11) is 2.16.